The molecule has 3 atom stereocenters. The second-order valence-corrected chi connectivity index (χ2v) is 14.9. The molecule has 1 fully saturated rings. The van der Waals surface area contributed by atoms with Crippen molar-refractivity contribution in [1.82, 2.24) is 0 Å². The molecule has 0 N–H and O–H groups in total. The maximum absolute atomic E-state index is 12.4. The minimum Gasteiger partial charge on any atom is -0.541 e. The van der Waals surface area contributed by atoms with Gasteiger partial charge in [0.1, 0.15) is 17.6 Å². The summed E-state index contributed by atoms with van der Waals surface area (Å²) < 4.78 is 23.9. The van der Waals surface area contributed by atoms with E-state index in [1.54, 1.807) is 13.2 Å². The largest absolute Gasteiger partial charge is 0.541 e. The Morgan fingerprint density at radius 3 is 2.44 bits per heavy atom. The molecule has 0 amide bonds. The van der Waals surface area contributed by atoms with Crippen molar-refractivity contribution in [3.8, 4) is 11.5 Å². The molecule has 5 nitrogen and oxygen atoms in total. The Bertz CT molecular complexity index is 969. The molecule has 1 aliphatic carbocycles. The Hall–Kier alpha value is -2.47. The van der Waals surface area contributed by atoms with Crippen LogP contribution in [0.15, 0.2) is 54.5 Å². The second-order valence-electron chi connectivity index (χ2n) is 10.2. The fourth-order valence-corrected chi connectivity index (χ4v) is 5.21. The number of ether oxygens (including phenoxy) is 3. The van der Waals surface area contributed by atoms with E-state index in [1.165, 1.54) is 7.11 Å². The van der Waals surface area contributed by atoms with Crippen molar-refractivity contribution in [3.63, 3.8) is 0 Å². The Morgan fingerprint density at radius 1 is 1.19 bits per heavy atom. The molecule has 6 heteroatoms. The van der Waals surface area contributed by atoms with Crippen molar-refractivity contribution in [2.24, 2.45) is 11.3 Å². The van der Waals surface area contributed by atoms with E-state index in [0.717, 1.165) is 11.3 Å². The molecule has 1 heterocycles. The standard InChI is InChI=1S/C26H36O5Si/c1-10-13-26-16-22(29-7)19(27)15-23(26)30-24(17(26)2)18-11-12-20(21(14-18)28-6)31-32(8,9)25(3,4)5/h10-12,14-17,24H,1,13H2,2-9H3/t17-,24-,26-/m0/s1. The van der Waals surface area contributed by atoms with Crippen LogP contribution in [0.4, 0.5) is 0 Å². The van der Waals surface area contributed by atoms with Gasteiger partial charge in [0.05, 0.1) is 19.6 Å². The highest BCUT2D eigenvalue weighted by atomic mass is 28.4. The highest BCUT2D eigenvalue weighted by Gasteiger charge is 2.53. The summed E-state index contributed by atoms with van der Waals surface area (Å²) in [5.74, 6) is 2.34. The van der Waals surface area contributed by atoms with Gasteiger partial charge in [-0.25, -0.2) is 0 Å². The van der Waals surface area contributed by atoms with Crippen molar-refractivity contribution in [2.75, 3.05) is 14.2 Å². The average molecular weight is 457 g/mol. The van der Waals surface area contributed by atoms with Gasteiger partial charge in [-0.1, -0.05) is 39.8 Å². The van der Waals surface area contributed by atoms with Crippen LogP contribution in [0, 0.1) is 11.3 Å². The molecule has 0 saturated carbocycles. The van der Waals surface area contributed by atoms with Gasteiger partial charge in [-0.3, -0.25) is 4.79 Å². The summed E-state index contributed by atoms with van der Waals surface area (Å²) in [5.41, 5.74) is 0.519. The minimum absolute atomic E-state index is 0.0573. The third-order valence-electron chi connectivity index (χ3n) is 7.26. The number of hydrogen-bond acceptors (Lipinski definition) is 5. The lowest BCUT2D eigenvalue weighted by Crippen LogP contribution is -2.43. The fraction of sp³-hybridized carbons (Fsp3) is 0.500. The van der Waals surface area contributed by atoms with E-state index in [-0.39, 0.29) is 22.8 Å². The molecule has 1 aromatic rings. The van der Waals surface area contributed by atoms with Crippen LogP contribution in [0.2, 0.25) is 18.1 Å². The summed E-state index contributed by atoms with van der Waals surface area (Å²) in [4.78, 5) is 12.4. The minimum atomic E-state index is -2.01. The molecule has 3 rings (SSSR count). The number of benzene rings is 1. The van der Waals surface area contributed by atoms with E-state index in [9.17, 15) is 4.79 Å². The zero-order valence-corrected chi connectivity index (χ0v) is 21.6. The van der Waals surface area contributed by atoms with Crippen molar-refractivity contribution < 1.29 is 23.4 Å². The molecule has 1 saturated heterocycles. The SMILES string of the molecule is C=CC[C@@]12C=C(OC)C(=O)C=C1O[C@H](c1ccc(O[Si](C)(C)C(C)(C)C)c(OC)c1)[C@@H]2C. The molecule has 0 spiro atoms. The lowest BCUT2D eigenvalue weighted by molar-refractivity contribution is -0.114. The van der Waals surface area contributed by atoms with Gasteiger partial charge in [0.25, 0.3) is 8.32 Å². The van der Waals surface area contributed by atoms with E-state index >= 15 is 0 Å². The van der Waals surface area contributed by atoms with Crippen LogP contribution in [-0.2, 0) is 14.3 Å². The maximum Gasteiger partial charge on any atom is 0.250 e. The number of carbonyl (C=O) groups is 1. The van der Waals surface area contributed by atoms with Crippen LogP contribution in [0.3, 0.4) is 0 Å². The molecule has 2 aliphatic rings. The highest BCUT2D eigenvalue weighted by Crippen LogP contribution is 2.58. The number of allylic oxidation sites excluding steroid dienone is 3. The van der Waals surface area contributed by atoms with Crippen molar-refractivity contribution in [3.05, 3.63) is 60.1 Å². The molecular weight excluding hydrogens is 420 g/mol. The van der Waals surface area contributed by atoms with Crippen LogP contribution in [0.5, 0.6) is 11.5 Å². The van der Waals surface area contributed by atoms with Crippen molar-refractivity contribution >= 4 is 14.1 Å². The van der Waals surface area contributed by atoms with Gasteiger partial charge in [-0.2, -0.15) is 0 Å². The summed E-state index contributed by atoms with van der Waals surface area (Å²) in [7, 11) is 1.17. The number of rotatable bonds is 7. The molecular formula is C26H36O5Si. The smallest absolute Gasteiger partial charge is 0.250 e. The van der Waals surface area contributed by atoms with Gasteiger partial charge in [-0.05, 0) is 48.3 Å². The molecule has 1 aliphatic heterocycles. The molecule has 0 bridgehead atoms. The van der Waals surface area contributed by atoms with Gasteiger partial charge in [0.15, 0.2) is 11.5 Å². The summed E-state index contributed by atoms with van der Waals surface area (Å²) in [5, 5.41) is 0.0803. The highest BCUT2D eigenvalue weighted by molar-refractivity contribution is 6.74. The average Bonchev–Trinajstić information content (AvgIpc) is 2.98. The summed E-state index contributed by atoms with van der Waals surface area (Å²) in [6.45, 7) is 17.2. The molecule has 174 valence electrons. The summed E-state index contributed by atoms with van der Waals surface area (Å²) in [6, 6.07) is 6.00. The second kappa shape index (κ2) is 8.47. The number of methoxy groups -OCH3 is 2. The van der Waals surface area contributed by atoms with E-state index < -0.39 is 13.7 Å². The van der Waals surface area contributed by atoms with Crippen molar-refractivity contribution in [2.45, 2.75) is 58.4 Å². The fourth-order valence-electron chi connectivity index (χ4n) is 4.18. The number of fused-ring (bicyclic) bond motifs is 1. The Balaban J connectivity index is 1.99. The number of carbonyl (C=O) groups excluding carboxylic acids is 1. The first kappa shape index (κ1) is 24.2. The van der Waals surface area contributed by atoms with Crippen LogP contribution in [0.25, 0.3) is 0 Å². The van der Waals surface area contributed by atoms with Crippen molar-refractivity contribution in [1.29, 1.82) is 0 Å². The van der Waals surface area contributed by atoms with E-state index in [1.807, 2.05) is 30.4 Å². The van der Waals surface area contributed by atoms with Gasteiger partial charge >= 0.3 is 0 Å². The molecule has 0 radical (unpaired) electrons. The van der Waals surface area contributed by atoms with Gasteiger partial charge in [-0.15, -0.1) is 6.58 Å². The zero-order chi connectivity index (χ0) is 23.9. The maximum atomic E-state index is 12.4. The summed E-state index contributed by atoms with van der Waals surface area (Å²) >= 11 is 0. The Kier molecular flexibility index (Phi) is 6.40. The first-order valence-electron chi connectivity index (χ1n) is 11.1. The zero-order valence-electron chi connectivity index (χ0n) is 20.6. The molecule has 0 aromatic heterocycles. The topological polar surface area (TPSA) is 54.0 Å². The number of ketones is 1. The normalized spacial score (nSPS) is 25.3. The molecule has 1 aromatic carbocycles. The van der Waals surface area contributed by atoms with E-state index in [0.29, 0.717) is 23.7 Å². The van der Waals surface area contributed by atoms with E-state index in [2.05, 4.69) is 47.4 Å². The Labute approximate surface area is 193 Å². The van der Waals surface area contributed by atoms with Crippen LogP contribution >= 0.6 is 0 Å². The van der Waals surface area contributed by atoms with Crippen LogP contribution in [0.1, 0.15) is 45.8 Å². The lowest BCUT2D eigenvalue weighted by atomic mass is 9.69. The predicted molar refractivity (Wildman–Crippen MR) is 129 cm³/mol. The Morgan fingerprint density at radius 2 is 1.88 bits per heavy atom. The van der Waals surface area contributed by atoms with Crippen LogP contribution < -0.4 is 9.16 Å². The van der Waals surface area contributed by atoms with Gasteiger partial charge < -0.3 is 18.6 Å². The van der Waals surface area contributed by atoms with E-state index in [4.69, 9.17) is 18.6 Å². The summed E-state index contributed by atoms with van der Waals surface area (Å²) in [6.07, 6.45) is 5.75. The monoisotopic (exact) mass is 456 g/mol. The molecule has 0 unspecified atom stereocenters. The third kappa shape index (κ3) is 4.01. The molecule has 32 heavy (non-hydrogen) atoms. The third-order valence-corrected chi connectivity index (χ3v) is 11.6. The lowest BCUT2D eigenvalue weighted by Gasteiger charge is -2.37. The van der Waals surface area contributed by atoms with Gasteiger partial charge in [0, 0.05) is 12.0 Å². The predicted octanol–water partition coefficient (Wildman–Crippen LogP) is 6.35. The number of hydrogen-bond donors (Lipinski definition) is 0. The quantitative estimate of drug-likeness (QED) is 0.354. The van der Waals surface area contributed by atoms with Gasteiger partial charge in [0.2, 0.25) is 5.78 Å². The van der Waals surface area contributed by atoms with Crippen LogP contribution in [-0.4, -0.2) is 28.3 Å². The first-order valence-corrected chi connectivity index (χ1v) is 14.0. The first-order chi connectivity index (χ1) is 14.9.